The van der Waals surface area contributed by atoms with E-state index in [9.17, 15) is 4.79 Å². The van der Waals surface area contributed by atoms with Gasteiger partial charge in [-0.15, -0.1) is 0 Å². The molecule has 72 valence electrons. The van der Waals surface area contributed by atoms with Gasteiger partial charge in [0.1, 0.15) is 6.10 Å². The molecule has 0 fully saturated rings. The van der Waals surface area contributed by atoms with Crippen LogP contribution in [0.5, 0.6) is 0 Å². The highest BCUT2D eigenvalue weighted by atomic mass is 16.4. The molecular formula is C6H12O6. The van der Waals surface area contributed by atoms with Crippen molar-refractivity contribution in [3.63, 3.8) is 0 Å². The molecule has 0 saturated carbocycles. The third-order valence-corrected chi connectivity index (χ3v) is 1.40. The van der Waals surface area contributed by atoms with Gasteiger partial charge in [0.2, 0.25) is 0 Å². The van der Waals surface area contributed by atoms with Crippen molar-refractivity contribution in [2.24, 2.45) is 0 Å². The lowest BCUT2D eigenvalue weighted by molar-refractivity contribution is -0.158. The zero-order chi connectivity index (χ0) is 9.72. The molecule has 3 atom stereocenters. The minimum atomic E-state index is -2.02. The lowest BCUT2D eigenvalue weighted by atomic mass is 10.1. The number of hydrogen-bond donors (Lipinski definition) is 5. The van der Waals surface area contributed by atoms with Crippen molar-refractivity contribution in [2.75, 3.05) is 6.61 Å². The molecule has 5 N–H and O–H groups in total. The Labute approximate surface area is 68.7 Å². The van der Waals surface area contributed by atoms with Crippen molar-refractivity contribution in [1.29, 1.82) is 0 Å². The van der Waals surface area contributed by atoms with E-state index in [2.05, 4.69) is 0 Å². The van der Waals surface area contributed by atoms with Gasteiger partial charge in [-0.25, -0.2) is 4.79 Å². The highest BCUT2D eigenvalue weighted by Gasteiger charge is 2.29. The van der Waals surface area contributed by atoms with Crippen LogP contribution in [0.15, 0.2) is 0 Å². The molecule has 6 nitrogen and oxygen atoms in total. The van der Waals surface area contributed by atoms with Crippen molar-refractivity contribution < 1.29 is 30.3 Å². The van der Waals surface area contributed by atoms with E-state index in [0.717, 1.165) is 0 Å². The Kier molecular flexibility index (Phi) is 4.75. The molecule has 6 heteroatoms. The van der Waals surface area contributed by atoms with Crippen LogP contribution in [-0.4, -0.2) is 56.4 Å². The molecule has 0 unspecified atom stereocenters. The molecule has 0 heterocycles. The van der Waals surface area contributed by atoms with Gasteiger partial charge in [0.25, 0.3) is 0 Å². The smallest absolute Gasteiger partial charge is 0.335 e. The van der Waals surface area contributed by atoms with E-state index in [1.807, 2.05) is 0 Å². The fourth-order valence-corrected chi connectivity index (χ4v) is 0.660. The molecule has 0 aliphatic heterocycles. The zero-order valence-corrected chi connectivity index (χ0v) is 6.29. The minimum Gasteiger partial charge on any atom is -0.479 e. The summed E-state index contributed by atoms with van der Waals surface area (Å²) in [6, 6.07) is 0. The van der Waals surface area contributed by atoms with Gasteiger partial charge in [0.05, 0.1) is 6.10 Å². The lowest BCUT2D eigenvalue weighted by Crippen LogP contribution is -2.42. The molecule has 0 spiro atoms. The van der Waals surface area contributed by atoms with Crippen LogP contribution in [0.2, 0.25) is 0 Å². The van der Waals surface area contributed by atoms with Gasteiger partial charge in [0.15, 0.2) is 6.10 Å². The van der Waals surface area contributed by atoms with Crippen molar-refractivity contribution in [1.82, 2.24) is 0 Å². The SMILES string of the molecule is O=C(O)[C@H](O)[C@H](O)[C@@H](O)CCO. The van der Waals surface area contributed by atoms with Crippen molar-refractivity contribution in [2.45, 2.75) is 24.7 Å². The fraction of sp³-hybridized carbons (Fsp3) is 0.833. The topological polar surface area (TPSA) is 118 Å². The summed E-state index contributed by atoms with van der Waals surface area (Å²) in [5, 5.41) is 43.0. The molecule has 0 bridgehead atoms. The first-order valence-electron chi connectivity index (χ1n) is 3.38. The Bertz CT molecular complexity index is 147. The number of hydrogen-bond acceptors (Lipinski definition) is 5. The second-order valence-corrected chi connectivity index (χ2v) is 2.35. The van der Waals surface area contributed by atoms with E-state index in [-0.39, 0.29) is 13.0 Å². The van der Waals surface area contributed by atoms with Crippen LogP contribution >= 0.6 is 0 Å². The number of aliphatic hydroxyl groups excluding tert-OH is 4. The Morgan fingerprint density at radius 2 is 1.75 bits per heavy atom. The van der Waals surface area contributed by atoms with Gasteiger partial charge in [-0.1, -0.05) is 0 Å². The third kappa shape index (κ3) is 3.14. The molecule has 12 heavy (non-hydrogen) atoms. The molecule has 0 aliphatic rings. The van der Waals surface area contributed by atoms with E-state index in [1.165, 1.54) is 0 Å². The number of aliphatic carboxylic acids is 1. The maximum Gasteiger partial charge on any atom is 0.335 e. The summed E-state index contributed by atoms with van der Waals surface area (Å²) in [5.41, 5.74) is 0. The van der Waals surface area contributed by atoms with Crippen LogP contribution in [0.3, 0.4) is 0 Å². The normalized spacial score (nSPS) is 18.3. The van der Waals surface area contributed by atoms with Crippen molar-refractivity contribution in [3.05, 3.63) is 0 Å². The minimum absolute atomic E-state index is 0.175. The van der Waals surface area contributed by atoms with E-state index in [4.69, 9.17) is 25.5 Å². The first-order chi connectivity index (χ1) is 5.50. The second-order valence-electron chi connectivity index (χ2n) is 2.35. The number of aliphatic hydroxyl groups is 4. The average Bonchev–Trinajstić information content (AvgIpc) is 2.02. The van der Waals surface area contributed by atoms with Gasteiger partial charge in [0, 0.05) is 6.61 Å². The van der Waals surface area contributed by atoms with Crippen LogP contribution < -0.4 is 0 Å². The molecule has 0 radical (unpaired) electrons. The van der Waals surface area contributed by atoms with Crippen LogP contribution in [0.1, 0.15) is 6.42 Å². The summed E-state index contributed by atoms with van der Waals surface area (Å²) >= 11 is 0. The second kappa shape index (κ2) is 5.04. The largest absolute Gasteiger partial charge is 0.479 e. The van der Waals surface area contributed by atoms with E-state index in [1.54, 1.807) is 0 Å². The number of carboxylic acids is 1. The molecule has 0 amide bonds. The molecule has 0 saturated heterocycles. The predicted molar refractivity (Wildman–Crippen MR) is 37.4 cm³/mol. The summed E-state index contributed by atoms with van der Waals surface area (Å²) in [4.78, 5) is 10.1. The van der Waals surface area contributed by atoms with Gasteiger partial charge in [-0.2, -0.15) is 0 Å². The van der Waals surface area contributed by atoms with Crippen molar-refractivity contribution in [3.8, 4) is 0 Å². The standard InChI is InChI=1S/C6H12O6/c7-2-1-3(8)4(9)5(10)6(11)12/h3-5,7-10H,1-2H2,(H,11,12)/t3-,4+,5+/m0/s1. The van der Waals surface area contributed by atoms with Gasteiger partial charge < -0.3 is 25.5 Å². The molecule has 0 aromatic carbocycles. The molecular weight excluding hydrogens is 168 g/mol. The Hall–Kier alpha value is -0.690. The average molecular weight is 180 g/mol. The maximum atomic E-state index is 10.1. The summed E-state index contributed by atoms with van der Waals surface area (Å²) in [6.07, 6.45) is -5.40. The van der Waals surface area contributed by atoms with E-state index >= 15 is 0 Å². The lowest BCUT2D eigenvalue weighted by Gasteiger charge is -2.18. The zero-order valence-electron chi connectivity index (χ0n) is 6.29. The van der Waals surface area contributed by atoms with Crippen LogP contribution in [-0.2, 0) is 4.79 Å². The van der Waals surface area contributed by atoms with Crippen LogP contribution in [0.4, 0.5) is 0 Å². The van der Waals surface area contributed by atoms with Gasteiger partial charge >= 0.3 is 5.97 Å². The fourth-order valence-electron chi connectivity index (χ4n) is 0.660. The number of rotatable bonds is 5. The molecule has 0 aromatic heterocycles. The van der Waals surface area contributed by atoms with E-state index in [0.29, 0.717) is 0 Å². The Morgan fingerprint density at radius 3 is 2.08 bits per heavy atom. The Balaban J connectivity index is 3.99. The quantitative estimate of drug-likeness (QED) is 0.320. The van der Waals surface area contributed by atoms with Crippen molar-refractivity contribution >= 4 is 5.97 Å². The first kappa shape index (κ1) is 11.3. The first-order valence-corrected chi connectivity index (χ1v) is 3.38. The summed E-state index contributed by atoms with van der Waals surface area (Å²) in [7, 11) is 0. The summed E-state index contributed by atoms with van der Waals surface area (Å²) in [6.45, 7) is -0.384. The summed E-state index contributed by atoms with van der Waals surface area (Å²) in [5.74, 6) is -1.61. The number of carbonyl (C=O) groups is 1. The van der Waals surface area contributed by atoms with Crippen LogP contribution in [0, 0.1) is 0 Å². The van der Waals surface area contributed by atoms with Gasteiger partial charge in [-0.3, -0.25) is 0 Å². The van der Waals surface area contributed by atoms with Crippen LogP contribution in [0.25, 0.3) is 0 Å². The van der Waals surface area contributed by atoms with E-state index < -0.39 is 24.3 Å². The third-order valence-electron chi connectivity index (χ3n) is 1.40. The maximum absolute atomic E-state index is 10.1. The predicted octanol–water partition coefficient (Wildman–Crippen LogP) is -2.46. The Morgan fingerprint density at radius 1 is 1.25 bits per heavy atom. The monoisotopic (exact) mass is 180 g/mol. The highest BCUT2D eigenvalue weighted by Crippen LogP contribution is 2.03. The molecule has 0 aromatic rings. The number of carboxylic acid groups (broad SMARTS) is 1. The molecule has 0 aliphatic carbocycles. The summed E-state index contributed by atoms with van der Waals surface area (Å²) < 4.78 is 0. The van der Waals surface area contributed by atoms with Gasteiger partial charge in [-0.05, 0) is 6.42 Å². The molecule has 0 rings (SSSR count). The highest BCUT2D eigenvalue weighted by molar-refractivity contribution is 5.72.